The summed E-state index contributed by atoms with van der Waals surface area (Å²) in [6, 6.07) is 8.35. The van der Waals surface area contributed by atoms with Crippen molar-refractivity contribution in [2.75, 3.05) is 19.7 Å². The quantitative estimate of drug-likeness (QED) is 0.923. The number of amides is 1. The lowest BCUT2D eigenvalue weighted by Gasteiger charge is -2.34. The number of aromatic nitrogens is 4. The fraction of sp³-hybridized carbons (Fsp3) is 0.556. The molecule has 7 nitrogen and oxygen atoms in total. The molecule has 0 bridgehead atoms. The smallest absolute Gasteiger partial charge is 0.228 e. The van der Waals surface area contributed by atoms with Crippen molar-refractivity contribution in [1.29, 1.82) is 0 Å². The molecule has 2 aliphatic heterocycles. The first-order valence-corrected chi connectivity index (χ1v) is 8.96. The molecule has 1 aromatic carbocycles. The molecule has 25 heavy (non-hydrogen) atoms. The molecular formula is C18H23N5O2. The highest BCUT2D eigenvalue weighted by Crippen LogP contribution is 2.31. The predicted octanol–water partition coefficient (Wildman–Crippen LogP) is 2.00. The number of carbonyl (C=O) groups is 1. The standard InChI is InChI=1S/C18H23N5O2/c1-12-16(8-11-25-12)18(24)23-9-6-14(7-10-23)13-2-4-15(5-3-13)17-19-21-22-20-17/h2-5,12,14,16H,6-11H2,1H3,(H,19,20,21,22). The molecule has 1 aromatic heterocycles. The van der Waals surface area contributed by atoms with Crippen molar-refractivity contribution in [2.45, 2.75) is 38.2 Å². The molecule has 0 saturated carbocycles. The highest BCUT2D eigenvalue weighted by atomic mass is 16.5. The van der Waals surface area contributed by atoms with Gasteiger partial charge in [-0.2, -0.15) is 5.21 Å². The summed E-state index contributed by atoms with van der Waals surface area (Å²) >= 11 is 0. The Labute approximate surface area is 146 Å². The van der Waals surface area contributed by atoms with Crippen molar-refractivity contribution >= 4 is 5.91 Å². The van der Waals surface area contributed by atoms with Crippen LogP contribution in [-0.2, 0) is 9.53 Å². The van der Waals surface area contributed by atoms with E-state index < -0.39 is 0 Å². The van der Waals surface area contributed by atoms with Gasteiger partial charge in [0.1, 0.15) is 0 Å². The van der Waals surface area contributed by atoms with Crippen LogP contribution >= 0.6 is 0 Å². The van der Waals surface area contributed by atoms with E-state index in [-0.39, 0.29) is 17.9 Å². The van der Waals surface area contributed by atoms with Crippen LogP contribution in [0.2, 0.25) is 0 Å². The minimum absolute atomic E-state index is 0.0470. The zero-order chi connectivity index (χ0) is 17.2. The first kappa shape index (κ1) is 16.2. The van der Waals surface area contributed by atoms with Crippen LogP contribution < -0.4 is 0 Å². The van der Waals surface area contributed by atoms with Crippen molar-refractivity contribution in [3.8, 4) is 11.4 Å². The van der Waals surface area contributed by atoms with Crippen LogP contribution in [0.4, 0.5) is 0 Å². The maximum Gasteiger partial charge on any atom is 0.228 e. The molecule has 2 fully saturated rings. The average molecular weight is 341 g/mol. The number of hydrogen-bond donors (Lipinski definition) is 1. The Morgan fingerprint density at radius 3 is 2.56 bits per heavy atom. The Kier molecular flexibility index (Phi) is 4.48. The SMILES string of the molecule is CC1OCCC1C(=O)N1CCC(c2ccc(-c3nn[nH]n3)cc2)CC1. The number of benzene rings is 1. The van der Waals surface area contributed by atoms with E-state index >= 15 is 0 Å². The van der Waals surface area contributed by atoms with Gasteiger partial charge in [0.2, 0.25) is 11.7 Å². The van der Waals surface area contributed by atoms with Crippen molar-refractivity contribution in [2.24, 2.45) is 5.92 Å². The molecule has 1 N–H and O–H groups in total. The van der Waals surface area contributed by atoms with E-state index in [1.54, 1.807) is 0 Å². The van der Waals surface area contributed by atoms with Crippen LogP contribution in [0.1, 0.15) is 37.7 Å². The number of hydrogen-bond acceptors (Lipinski definition) is 5. The van der Waals surface area contributed by atoms with Gasteiger partial charge < -0.3 is 9.64 Å². The van der Waals surface area contributed by atoms with Gasteiger partial charge in [0.05, 0.1) is 12.0 Å². The fourth-order valence-electron chi connectivity index (χ4n) is 3.91. The Hall–Kier alpha value is -2.28. The van der Waals surface area contributed by atoms with Crippen molar-refractivity contribution in [1.82, 2.24) is 25.5 Å². The summed E-state index contributed by atoms with van der Waals surface area (Å²) in [6.45, 7) is 4.38. The van der Waals surface area contributed by atoms with Gasteiger partial charge in [0, 0.05) is 25.3 Å². The lowest BCUT2D eigenvalue weighted by Crippen LogP contribution is -2.43. The number of tetrazole rings is 1. The highest BCUT2D eigenvalue weighted by molar-refractivity contribution is 5.79. The van der Waals surface area contributed by atoms with Crippen LogP contribution in [0.25, 0.3) is 11.4 Å². The molecule has 2 atom stereocenters. The number of nitrogens with zero attached hydrogens (tertiary/aromatic N) is 4. The predicted molar refractivity (Wildman–Crippen MR) is 91.7 cm³/mol. The molecular weight excluding hydrogens is 318 g/mol. The summed E-state index contributed by atoms with van der Waals surface area (Å²) in [5.74, 6) is 1.43. The molecule has 0 aliphatic carbocycles. The van der Waals surface area contributed by atoms with Crippen LogP contribution in [-0.4, -0.2) is 57.2 Å². The third kappa shape index (κ3) is 3.28. The van der Waals surface area contributed by atoms with Gasteiger partial charge in [0.25, 0.3) is 0 Å². The zero-order valence-corrected chi connectivity index (χ0v) is 14.4. The fourth-order valence-corrected chi connectivity index (χ4v) is 3.91. The topological polar surface area (TPSA) is 84.0 Å². The van der Waals surface area contributed by atoms with E-state index in [1.807, 2.05) is 24.0 Å². The Balaban J connectivity index is 1.36. The number of aromatic amines is 1. The molecule has 1 amide bonds. The second-order valence-corrected chi connectivity index (χ2v) is 6.93. The normalized spacial score (nSPS) is 24.6. The van der Waals surface area contributed by atoms with Gasteiger partial charge in [-0.3, -0.25) is 4.79 Å². The number of ether oxygens (including phenoxy) is 1. The van der Waals surface area contributed by atoms with Crippen molar-refractivity contribution in [3.05, 3.63) is 29.8 Å². The molecule has 2 unspecified atom stereocenters. The van der Waals surface area contributed by atoms with Gasteiger partial charge in [0.15, 0.2) is 0 Å². The first-order chi connectivity index (χ1) is 12.2. The maximum atomic E-state index is 12.7. The van der Waals surface area contributed by atoms with Crippen LogP contribution in [0.15, 0.2) is 24.3 Å². The minimum Gasteiger partial charge on any atom is -0.378 e. The summed E-state index contributed by atoms with van der Waals surface area (Å²) in [5.41, 5.74) is 2.28. The van der Waals surface area contributed by atoms with E-state index in [0.717, 1.165) is 37.9 Å². The first-order valence-electron chi connectivity index (χ1n) is 8.96. The number of H-pyrrole nitrogens is 1. The summed E-state index contributed by atoms with van der Waals surface area (Å²) in [4.78, 5) is 14.7. The molecule has 2 aliphatic rings. The molecule has 0 radical (unpaired) electrons. The molecule has 7 heteroatoms. The third-order valence-electron chi connectivity index (χ3n) is 5.49. The second-order valence-electron chi connectivity index (χ2n) is 6.93. The van der Waals surface area contributed by atoms with Crippen LogP contribution in [0.5, 0.6) is 0 Å². The summed E-state index contributed by atoms with van der Waals surface area (Å²) in [7, 11) is 0. The number of carbonyl (C=O) groups excluding carboxylic acids is 1. The van der Waals surface area contributed by atoms with Gasteiger partial charge >= 0.3 is 0 Å². The molecule has 0 spiro atoms. The van der Waals surface area contributed by atoms with E-state index in [9.17, 15) is 4.79 Å². The summed E-state index contributed by atoms with van der Waals surface area (Å²) in [5, 5.41) is 14.1. The van der Waals surface area contributed by atoms with Gasteiger partial charge in [-0.05, 0) is 42.9 Å². The Morgan fingerprint density at radius 2 is 1.96 bits per heavy atom. The highest BCUT2D eigenvalue weighted by Gasteiger charge is 2.35. The third-order valence-corrected chi connectivity index (χ3v) is 5.49. The summed E-state index contributed by atoms with van der Waals surface area (Å²) < 4.78 is 5.55. The molecule has 132 valence electrons. The summed E-state index contributed by atoms with van der Waals surface area (Å²) in [6.07, 6.45) is 2.94. The van der Waals surface area contributed by atoms with Gasteiger partial charge in [-0.15, -0.1) is 10.2 Å². The molecule has 2 saturated heterocycles. The minimum atomic E-state index is 0.0470. The zero-order valence-electron chi connectivity index (χ0n) is 14.4. The van der Waals surface area contributed by atoms with E-state index in [2.05, 4.69) is 32.8 Å². The maximum absolute atomic E-state index is 12.7. The monoisotopic (exact) mass is 341 g/mol. The Morgan fingerprint density at radius 1 is 1.20 bits per heavy atom. The van der Waals surface area contributed by atoms with E-state index in [4.69, 9.17) is 4.74 Å². The van der Waals surface area contributed by atoms with Crippen LogP contribution in [0, 0.1) is 5.92 Å². The Bertz CT molecular complexity index is 708. The number of rotatable bonds is 3. The van der Waals surface area contributed by atoms with Crippen molar-refractivity contribution < 1.29 is 9.53 Å². The number of likely N-dealkylation sites (tertiary alicyclic amines) is 1. The second kappa shape index (κ2) is 6.92. The number of nitrogens with one attached hydrogen (secondary N) is 1. The molecule has 2 aromatic rings. The van der Waals surface area contributed by atoms with Gasteiger partial charge in [-0.25, -0.2) is 0 Å². The van der Waals surface area contributed by atoms with E-state index in [1.165, 1.54) is 5.56 Å². The van der Waals surface area contributed by atoms with Crippen LogP contribution in [0.3, 0.4) is 0 Å². The molecule has 3 heterocycles. The average Bonchev–Trinajstić information content (AvgIpc) is 3.33. The lowest BCUT2D eigenvalue weighted by atomic mass is 9.88. The number of piperidine rings is 1. The largest absolute Gasteiger partial charge is 0.378 e. The van der Waals surface area contributed by atoms with E-state index in [0.29, 0.717) is 18.3 Å². The van der Waals surface area contributed by atoms with Gasteiger partial charge in [-0.1, -0.05) is 24.3 Å². The lowest BCUT2D eigenvalue weighted by molar-refractivity contribution is -0.138. The molecule has 4 rings (SSSR count). The van der Waals surface area contributed by atoms with Crippen molar-refractivity contribution in [3.63, 3.8) is 0 Å².